The first kappa shape index (κ1) is 37.2. The summed E-state index contributed by atoms with van der Waals surface area (Å²) in [4.78, 5) is 60.0. The Morgan fingerprint density at radius 3 is 2.45 bits per heavy atom. The Labute approximate surface area is 298 Å². The normalized spacial score (nSPS) is 33.4. The minimum atomic E-state index is -5.25. The number of rotatable bonds is 6. The number of H-pyrrole nitrogens is 1. The molecule has 0 amide bonds. The van der Waals surface area contributed by atoms with E-state index in [9.17, 15) is 28.4 Å². The number of phosphoric ester groups is 1. The second kappa shape index (κ2) is 14.6. The van der Waals surface area contributed by atoms with Gasteiger partial charge in [-0.25, -0.2) is 42.5 Å². The van der Waals surface area contributed by atoms with Crippen molar-refractivity contribution >= 4 is 49.1 Å². The molecule has 0 spiro atoms. The number of nitrogen functional groups attached to an aromatic ring is 1. The summed E-state index contributed by atoms with van der Waals surface area (Å²) in [5.74, 6) is -0.208. The van der Waals surface area contributed by atoms with Gasteiger partial charge in [-0.1, -0.05) is 12.1 Å². The number of fused-ring (bicyclic) bond motifs is 4. The molecule has 3 aliphatic rings. The minimum Gasteiger partial charge on any atom is -0.449 e. The highest BCUT2D eigenvalue weighted by molar-refractivity contribution is 8.54. The van der Waals surface area contributed by atoms with E-state index in [1.165, 1.54) is 24.3 Å². The summed E-state index contributed by atoms with van der Waals surface area (Å²) in [6.07, 6.45) is -13.5. The number of hydrogen-bond donors (Lipinski definition) is 4. The fourth-order valence-electron chi connectivity index (χ4n) is 5.70. The molecule has 6 heterocycles. The van der Waals surface area contributed by atoms with Gasteiger partial charge in [-0.05, 0) is 29.1 Å². The number of hydrogen-bond acceptors (Lipinski definition) is 17. The molecule has 0 aliphatic carbocycles. The van der Waals surface area contributed by atoms with Crippen molar-refractivity contribution in [1.82, 2.24) is 29.1 Å². The Balaban J connectivity index is 1.23. The van der Waals surface area contributed by atoms with Crippen molar-refractivity contribution in [3.8, 4) is 5.75 Å². The third-order valence-electron chi connectivity index (χ3n) is 8.14. The molecular weight excluding hydrogens is 778 g/mol. The molecule has 2 bridgehead atoms. The van der Waals surface area contributed by atoms with Gasteiger partial charge < -0.3 is 29.9 Å². The third kappa shape index (κ3) is 7.78. The number of aromatic amines is 1. The van der Waals surface area contributed by atoms with E-state index in [-0.39, 0.29) is 28.5 Å². The number of nitrogens with one attached hydrogen (secondary N) is 1. The highest BCUT2D eigenvalue weighted by atomic mass is 32.7. The zero-order valence-electron chi connectivity index (χ0n) is 26.5. The molecule has 7 rings (SSSR count). The summed E-state index contributed by atoms with van der Waals surface area (Å²) in [6.45, 7) is -6.53. The van der Waals surface area contributed by atoms with Gasteiger partial charge in [-0.3, -0.25) is 37.0 Å². The van der Waals surface area contributed by atoms with E-state index in [1.807, 2.05) is 4.98 Å². The maximum Gasteiger partial charge on any atom is 0.511 e. The highest BCUT2D eigenvalue weighted by Crippen LogP contribution is 2.65. The van der Waals surface area contributed by atoms with Crippen molar-refractivity contribution in [2.45, 2.75) is 55.0 Å². The molecule has 1 aromatic carbocycles. The number of anilines is 1. The maximum atomic E-state index is 16.2. The second-order valence-electron chi connectivity index (χ2n) is 11.6. The number of benzene rings is 1. The molecule has 26 heteroatoms. The smallest absolute Gasteiger partial charge is 0.449 e. The lowest BCUT2D eigenvalue weighted by atomic mass is 10.1. The van der Waals surface area contributed by atoms with Crippen LogP contribution in [0.3, 0.4) is 0 Å². The Morgan fingerprint density at radius 2 is 1.72 bits per heavy atom. The molecule has 3 aliphatic heterocycles. The van der Waals surface area contributed by atoms with Crippen LogP contribution in [0.15, 0.2) is 58.8 Å². The lowest BCUT2D eigenvalue weighted by Gasteiger charge is -2.27. The summed E-state index contributed by atoms with van der Waals surface area (Å²) in [7, 11) is -5.25. The summed E-state index contributed by atoms with van der Waals surface area (Å²) in [5.41, 5.74) is 4.59. The number of imidazole rings is 1. The molecule has 10 atom stereocenters. The molecule has 0 radical (unpaired) electrons. The van der Waals surface area contributed by atoms with Crippen LogP contribution in [0.1, 0.15) is 18.0 Å². The van der Waals surface area contributed by atoms with Crippen LogP contribution in [0, 0.1) is 0 Å². The first-order chi connectivity index (χ1) is 25.2. The van der Waals surface area contributed by atoms with Gasteiger partial charge in [0, 0.05) is 18.0 Å². The Bertz CT molecular complexity index is 2230. The largest absolute Gasteiger partial charge is 0.511 e. The van der Waals surface area contributed by atoms with Crippen molar-refractivity contribution in [1.29, 1.82) is 0 Å². The molecule has 284 valence electrons. The number of halogens is 2. The first-order valence-corrected chi connectivity index (χ1v) is 19.9. The van der Waals surface area contributed by atoms with Crippen molar-refractivity contribution < 1.29 is 65.0 Å². The highest BCUT2D eigenvalue weighted by Gasteiger charge is 2.55. The lowest BCUT2D eigenvalue weighted by molar-refractivity contribution is -0.0635. The number of ether oxygens (including phenoxy) is 3. The van der Waals surface area contributed by atoms with E-state index < -0.39 is 94.5 Å². The predicted molar refractivity (Wildman–Crippen MR) is 174 cm³/mol. The van der Waals surface area contributed by atoms with E-state index >= 15 is 8.78 Å². The number of aromatic nitrogens is 6. The van der Waals surface area contributed by atoms with Crippen molar-refractivity contribution in [3.05, 3.63) is 75.6 Å². The van der Waals surface area contributed by atoms with Crippen molar-refractivity contribution in [2.75, 3.05) is 18.9 Å². The molecule has 3 aromatic heterocycles. The van der Waals surface area contributed by atoms with Gasteiger partial charge >= 0.3 is 26.5 Å². The lowest BCUT2D eigenvalue weighted by Crippen LogP contribution is -2.37. The van der Waals surface area contributed by atoms with Gasteiger partial charge in [0.15, 0.2) is 36.3 Å². The van der Waals surface area contributed by atoms with Crippen molar-refractivity contribution in [3.63, 3.8) is 0 Å². The molecule has 4 aromatic rings. The van der Waals surface area contributed by atoms with Gasteiger partial charge in [0.1, 0.15) is 42.0 Å². The SMILES string of the molecule is Nc1ncnc2c1ncn2[C@@H]1O[C@@H]2COP(=O)(SCc3ccc(OC(=O)O)cc3)O[C@@H]3[C@H](F)[C@@H](COP(=O)(O)O[C@H]2[C@H]1F)O[C@H]3n1ccc(=O)[nH]c1=O. The van der Waals surface area contributed by atoms with Crippen LogP contribution in [0.4, 0.5) is 19.4 Å². The summed E-state index contributed by atoms with van der Waals surface area (Å²) in [5, 5.41) is 8.87. The van der Waals surface area contributed by atoms with Crippen LogP contribution in [-0.4, -0.2) is 95.2 Å². The maximum absolute atomic E-state index is 16.2. The van der Waals surface area contributed by atoms with Crippen LogP contribution in [0.25, 0.3) is 11.2 Å². The topological polar surface area (TPSA) is 281 Å². The van der Waals surface area contributed by atoms with Gasteiger partial charge in [0.2, 0.25) is 0 Å². The van der Waals surface area contributed by atoms with Crippen LogP contribution in [-0.2, 0) is 42.5 Å². The monoisotopic (exact) mass is 805 g/mol. The molecule has 3 saturated heterocycles. The number of nitrogens with zero attached hydrogens (tertiary/aromatic N) is 5. The Morgan fingerprint density at radius 1 is 0.981 bits per heavy atom. The van der Waals surface area contributed by atoms with E-state index in [0.29, 0.717) is 16.9 Å². The van der Waals surface area contributed by atoms with Gasteiger partial charge in [0.25, 0.3) is 5.56 Å². The third-order valence-corrected chi connectivity index (χ3v) is 12.8. The van der Waals surface area contributed by atoms with Gasteiger partial charge in [-0.15, -0.1) is 0 Å². The minimum absolute atomic E-state index is 0.0148. The Kier molecular flexibility index (Phi) is 10.3. The van der Waals surface area contributed by atoms with E-state index in [4.69, 9.17) is 38.4 Å². The van der Waals surface area contributed by atoms with Gasteiger partial charge in [0.05, 0.1) is 19.5 Å². The standard InChI is InChI=1S/C27H27F2N7O14P2S/c28-17-14-7-44-51(41,42)49-20-15(48-24(18(20)29)36-11-33-19-22(30)31-10-32-23(19)36)8-45-52(43,53-9-12-1-3-13(4-2-12)46-27(39)40)50-21(17)25(47-14)35-6-5-16(37)34-26(35)38/h1-6,10-11,14-15,17-18,20-21,24-25H,7-9H2,(H,39,40)(H,41,42)(H2,30,31,32)(H,34,37,38)/t14-,15-,17-,18-,20-,21-,24-,25-,52?/m1/s1. The first-order valence-electron chi connectivity index (χ1n) is 15.3. The fourth-order valence-corrected chi connectivity index (χ4v) is 10.0. The van der Waals surface area contributed by atoms with Crippen LogP contribution in [0.5, 0.6) is 5.75 Å². The second-order valence-corrected chi connectivity index (χ2v) is 17.0. The summed E-state index contributed by atoms with van der Waals surface area (Å²) < 4.78 is 100.0. The Hall–Kier alpha value is -4.09. The molecular formula is C27H27F2N7O14P2S. The molecule has 2 unspecified atom stereocenters. The van der Waals surface area contributed by atoms with Crippen LogP contribution >= 0.6 is 26.0 Å². The number of alkyl halides is 2. The predicted octanol–water partition coefficient (Wildman–Crippen LogP) is 2.45. The van der Waals surface area contributed by atoms with E-state index in [0.717, 1.165) is 34.1 Å². The number of carboxylic acid groups (broad SMARTS) is 1. The molecule has 3 fully saturated rings. The van der Waals surface area contributed by atoms with Crippen LogP contribution < -0.4 is 21.7 Å². The fraction of sp³-hybridized carbons (Fsp3) is 0.407. The summed E-state index contributed by atoms with van der Waals surface area (Å²) >= 11 is 0.524. The molecule has 53 heavy (non-hydrogen) atoms. The molecule has 0 saturated carbocycles. The van der Waals surface area contributed by atoms with Gasteiger partial charge in [-0.2, -0.15) is 0 Å². The number of carbonyl (C=O) groups is 1. The summed E-state index contributed by atoms with van der Waals surface area (Å²) in [6, 6.07) is 6.45. The van der Waals surface area contributed by atoms with Crippen LogP contribution in [0.2, 0.25) is 0 Å². The number of nitrogens with two attached hydrogens (primary N) is 1. The average molecular weight is 806 g/mol. The zero-order chi connectivity index (χ0) is 37.7. The quantitative estimate of drug-likeness (QED) is 0.124. The van der Waals surface area contributed by atoms with E-state index in [2.05, 4.69) is 19.7 Å². The van der Waals surface area contributed by atoms with Crippen molar-refractivity contribution in [2.24, 2.45) is 0 Å². The molecule has 21 nitrogen and oxygen atoms in total. The number of phosphoric acid groups is 1. The van der Waals surface area contributed by atoms with E-state index in [1.54, 1.807) is 0 Å². The average Bonchev–Trinajstić information content (AvgIpc) is 3.76. The zero-order valence-corrected chi connectivity index (χ0v) is 29.1. The molecule has 5 N–H and O–H groups in total.